The average Bonchev–Trinajstić information content (AvgIpc) is 2.76. The zero-order valence-corrected chi connectivity index (χ0v) is 18.5. The molecule has 1 aromatic carbocycles. The Kier molecular flexibility index (Phi) is 5.80. The van der Waals surface area contributed by atoms with E-state index in [2.05, 4.69) is 4.98 Å². The fraction of sp³-hybridized carbons (Fsp3) is 0.524. The van der Waals surface area contributed by atoms with Crippen LogP contribution in [0.5, 0.6) is 0 Å². The Morgan fingerprint density at radius 3 is 2.27 bits per heavy atom. The topological polar surface area (TPSA) is 83.1 Å². The molecule has 162 valence electrons. The molecule has 1 amide bonds. The molecule has 0 radical (unpaired) electrons. The predicted octanol–water partition coefficient (Wildman–Crippen LogP) is 1.49. The number of aromatic nitrogens is 1. The van der Waals surface area contributed by atoms with Crippen molar-refractivity contribution in [2.75, 3.05) is 52.5 Å². The molecule has 2 aliphatic rings. The number of hydrogen-bond acceptors (Lipinski definition) is 5. The summed E-state index contributed by atoms with van der Waals surface area (Å²) in [4.78, 5) is 19.7. The zero-order chi connectivity index (χ0) is 21.5. The predicted molar refractivity (Wildman–Crippen MR) is 115 cm³/mol. The van der Waals surface area contributed by atoms with Crippen molar-refractivity contribution < 1.29 is 17.9 Å². The summed E-state index contributed by atoms with van der Waals surface area (Å²) in [7, 11) is -3.51. The highest BCUT2D eigenvalue weighted by Gasteiger charge is 2.34. The molecule has 2 fully saturated rings. The van der Waals surface area contributed by atoms with E-state index in [1.54, 1.807) is 4.90 Å². The lowest BCUT2D eigenvalue weighted by Crippen LogP contribution is -2.55. The average molecular weight is 433 g/mol. The third-order valence-electron chi connectivity index (χ3n) is 6.01. The Morgan fingerprint density at radius 1 is 0.967 bits per heavy atom. The zero-order valence-electron chi connectivity index (χ0n) is 17.7. The lowest BCUT2D eigenvalue weighted by atomic mass is 10.00. The lowest BCUT2D eigenvalue weighted by Gasteiger charge is -2.37. The molecule has 2 saturated heterocycles. The second-order valence-electron chi connectivity index (χ2n) is 7.93. The summed E-state index contributed by atoms with van der Waals surface area (Å²) in [5.74, 6) is -0.0721. The first-order chi connectivity index (χ1) is 14.3. The van der Waals surface area contributed by atoms with E-state index in [4.69, 9.17) is 4.74 Å². The number of carbonyl (C=O) groups excluding carboxylic acids is 1. The molecule has 8 nitrogen and oxygen atoms in total. The second kappa shape index (κ2) is 8.22. The first-order valence-electron chi connectivity index (χ1n) is 10.3. The van der Waals surface area contributed by atoms with E-state index in [9.17, 15) is 13.2 Å². The molecule has 0 saturated carbocycles. The van der Waals surface area contributed by atoms with Crippen molar-refractivity contribution in [1.29, 1.82) is 0 Å². The summed E-state index contributed by atoms with van der Waals surface area (Å²) in [6.45, 7) is 8.89. The Morgan fingerprint density at radius 2 is 1.60 bits per heavy atom. The van der Waals surface area contributed by atoms with Gasteiger partial charge < -0.3 is 9.64 Å². The number of hydrogen-bond donors (Lipinski definition) is 0. The molecular formula is C21H28N4O4S. The van der Waals surface area contributed by atoms with Crippen LogP contribution in [-0.2, 0) is 14.9 Å². The highest BCUT2D eigenvalue weighted by molar-refractivity contribution is 7.86. The number of rotatable bonds is 3. The minimum atomic E-state index is -3.51. The highest BCUT2D eigenvalue weighted by atomic mass is 32.2. The van der Waals surface area contributed by atoms with Gasteiger partial charge in [0.05, 0.1) is 24.3 Å². The molecule has 9 heteroatoms. The third kappa shape index (κ3) is 3.82. The van der Waals surface area contributed by atoms with Gasteiger partial charge in [0.1, 0.15) is 0 Å². The van der Waals surface area contributed by atoms with Crippen LogP contribution in [0.4, 0.5) is 0 Å². The van der Waals surface area contributed by atoms with E-state index in [0.29, 0.717) is 58.0 Å². The van der Waals surface area contributed by atoms with Crippen LogP contribution in [0.2, 0.25) is 0 Å². The normalized spacial score (nSPS) is 19.4. The third-order valence-corrected chi connectivity index (χ3v) is 8.05. The van der Waals surface area contributed by atoms with Crippen LogP contribution in [0.3, 0.4) is 0 Å². The quantitative estimate of drug-likeness (QED) is 0.734. The smallest absolute Gasteiger partial charge is 0.282 e. The van der Waals surface area contributed by atoms with Crippen LogP contribution in [0.25, 0.3) is 10.9 Å². The number of piperazine rings is 1. The first kappa shape index (κ1) is 21.2. The van der Waals surface area contributed by atoms with Gasteiger partial charge in [-0.1, -0.05) is 12.1 Å². The Bertz CT molecular complexity index is 1070. The number of morpholine rings is 1. The van der Waals surface area contributed by atoms with Crippen molar-refractivity contribution in [2.24, 2.45) is 0 Å². The maximum atomic E-state index is 13.3. The SMILES string of the molecule is Cc1cc(C(=O)N2CCN(S(=O)(=O)N3CCOCC3)CC2)c2ccc(C)c(C)c2n1. The molecule has 0 atom stereocenters. The molecule has 1 aromatic heterocycles. The van der Waals surface area contributed by atoms with Gasteiger partial charge in [-0.2, -0.15) is 17.0 Å². The Hall–Kier alpha value is -2.07. The molecule has 30 heavy (non-hydrogen) atoms. The summed E-state index contributed by atoms with van der Waals surface area (Å²) in [5, 5.41) is 0.845. The molecule has 0 N–H and O–H groups in total. The van der Waals surface area contributed by atoms with Gasteiger partial charge >= 0.3 is 0 Å². The van der Waals surface area contributed by atoms with Crippen LogP contribution in [0, 0.1) is 20.8 Å². The molecule has 0 unspecified atom stereocenters. The summed E-state index contributed by atoms with van der Waals surface area (Å²) >= 11 is 0. The minimum Gasteiger partial charge on any atom is -0.379 e. The number of pyridine rings is 1. The van der Waals surface area contributed by atoms with Gasteiger partial charge in [0.2, 0.25) is 0 Å². The van der Waals surface area contributed by atoms with Crippen molar-refractivity contribution in [3.63, 3.8) is 0 Å². The summed E-state index contributed by atoms with van der Waals surface area (Å²) in [5.41, 5.74) is 4.50. The molecule has 0 bridgehead atoms. The number of benzene rings is 1. The molecule has 2 aromatic rings. The molecular weight excluding hydrogens is 404 g/mol. The van der Waals surface area contributed by atoms with Crippen molar-refractivity contribution in [3.05, 3.63) is 40.6 Å². The van der Waals surface area contributed by atoms with Crippen molar-refractivity contribution in [3.8, 4) is 0 Å². The van der Waals surface area contributed by atoms with Crippen LogP contribution in [0.1, 0.15) is 27.2 Å². The van der Waals surface area contributed by atoms with Crippen LogP contribution < -0.4 is 0 Å². The summed E-state index contributed by atoms with van der Waals surface area (Å²) in [6, 6.07) is 5.80. The van der Waals surface area contributed by atoms with Gasteiger partial charge in [0, 0.05) is 50.3 Å². The van der Waals surface area contributed by atoms with E-state index in [1.807, 2.05) is 39.0 Å². The number of fused-ring (bicyclic) bond motifs is 1. The van der Waals surface area contributed by atoms with Crippen molar-refractivity contribution in [2.45, 2.75) is 20.8 Å². The van der Waals surface area contributed by atoms with E-state index in [1.165, 1.54) is 8.61 Å². The molecule has 3 heterocycles. The van der Waals surface area contributed by atoms with Gasteiger partial charge in [0.25, 0.3) is 16.1 Å². The van der Waals surface area contributed by atoms with Gasteiger partial charge in [-0.15, -0.1) is 0 Å². The Labute approximate surface area is 177 Å². The summed E-state index contributed by atoms with van der Waals surface area (Å²) < 4.78 is 33.9. The van der Waals surface area contributed by atoms with Crippen molar-refractivity contribution >= 4 is 27.0 Å². The molecule has 0 spiro atoms. The van der Waals surface area contributed by atoms with E-state index < -0.39 is 10.2 Å². The molecule has 4 rings (SSSR count). The first-order valence-corrected chi connectivity index (χ1v) is 11.7. The van der Waals surface area contributed by atoms with Crippen LogP contribution in [-0.4, -0.2) is 85.3 Å². The number of aryl methyl sites for hydroxylation is 3. The van der Waals surface area contributed by atoms with E-state index >= 15 is 0 Å². The van der Waals surface area contributed by atoms with Crippen molar-refractivity contribution in [1.82, 2.24) is 18.5 Å². The van der Waals surface area contributed by atoms with Crippen LogP contribution >= 0.6 is 0 Å². The van der Waals surface area contributed by atoms with E-state index in [0.717, 1.165) is 27.7 Å². The second-order valence-corrected chi connectivity index (χ2v) is 9.85. The standard InChI is InChI=1S/C21H28N4O4S/c1-15-4-5-18-19(14-16(2)22-20(18)17(15)3)21(26)23-6-8-24(9-7-23)30(27,28)25-10-12-29-13-11-25/h4-5,14H,6-13H2,1-3H3. The lowest BCUT2D eigenvalue weighted by molar-refractivity contribution is 0.0637. The number of amides is 1. The fourth-order valence-electron chi connectivity index (χ4n) is 4.07. The number of nitrogens with zero attached hydrogens (tertiary/aromatic N) is 4. The van der Waals surface area contributed by atoms with Crippen LogP contribution in [0.15, 0.2) is 18.2 Å². The monoisotopic (exact) mass is 432 g/mol. The number of ether oxygens (including phenoxy) is 1. The molecule has 2 aliphatic heterocycles. The van der Waals surface area contributed by atoms with E-state index in [-0.39, 0.29) is 5.91 Å². The van der Waals surface area contributed by atoms with Gasteiger partial charge in [0.15, 0.2) is 0 Å². The number of carbonyl (C=O) groups is 1. The largest absolute Gasteiger partial charge is 0.379 e. The fourth-order valence-corrected chi connectivity index (χ4v) is 5.63. The molecule has 0 aliphatic carbocycles. The maximum Gasteiger partial charge on any atom is 0.282 e. The summed E-state index contributed by atoms with van der Waals surface area (Å²) in [6.07, 6.45) is 0. The Balaban J connectivity index is 1.53. The minimum absolute atomic E-state index is 0.0721. The van der Waals surface area contributed by atoms with Gasteiger partial charge in [-0.3, -0.25) is 9.78 Å². The maximum absolute atomic E-state index is 13.3. The highest BCUT2D eigenvalue weighted by Crippen LogP contribution is 2.25. The van der Waals surface area contributed by atoms with Gasteiger partial charge in [-0.25, -0.2) is 0 Å². The van der Waals surface area contributed by atoms with Gasteiger partial charge in [-0.05, 0) is 38.0 Å².